The minimum Gasteiger partial charge on any atom is -0.458 e. The number of fused-ring (bicyclic) bond motifs is 1. The van der Waals surface area contributed by atoms with Crippen molar-refractivity contribution in [1.29, 1.82) is 0 Å². The Morgan fingerprint density at radius 1 is 1.60 bits per heavy atom. The fourth-order valence-corrected chi connectivity index (χ4v) is 1.88. The van der Waals surface area contributed by atoms with Crippen LogP contribution in [0.25, 0.3) is 0 Å². The maximum Gasteiger partial charge on any atom is 0.338 e. The molecule has 0 aromatic heterocycles. The van der Waals surface area contributed by atoms with E-state index >= 15 is 0 Å². The van der Waals surface area contributed by atoms with Crippen LogP contribution in [0.4, 0.5) is 0 Å². The predicted octanol–water partition coefficient (Wildman–Crippen LogP) is 2.65. The number of hydrogen-bond donors (Lipinski definition) is 0. The SMILES string of the molecule is C=CCC1Cc2ccc(C)cc2C(=O)O1. The molecule has 0 amide bonds. The molecule has 1 unspecified atom stereocenters. The molecule has 0 saturated carbocycles. The van der Waals surface area contributed by atoms with Crippen LogP contribution in [-0.2, 0) is 11.2 Å². The average molecular weight is 202 g/mol. The largest absolute Gasteiger partial charge is 0.458 e. The Morgan fingerprint density at radius 2 is 2.40 bits per heavy atom. The number of esters is 1. The molecule has 0 spiro atoms. The third-order valence-electron chi connectivity index (χ3n) is 2.64. The van der Waals surface area contributed by atoms with Crippen molar-refractivity contribution in [3.05, 3.63) is 47.5 Å². The van der Waals surface area contributed by atoms with Crippen molar-refractivity contribution in [2.45, 2.75) is 25.9 Å². The molecule has 1 aliphatic rings. The molecular formula is C13H14O2. The number of ether oxygens (including phenoxy) is 1. The van der Waals surface area contributed by atoms with Gasteiger partial charge in [-0.1, -0.05) is 23.8 Å². The maximum absolute atomic E-state index is 11.7. The van der Waals surface area contributed by atoms with Crippen LogP contribution in [0.5, 0.6) is 0 Å². The molecule has 0 bridgehead atoms. The van der Waals surface area contributed by atoms with E-state index in [0.29, 0.717) is 0 Å². The quantitative estimate of drug-likeness (QED) is 0.544. The molecule has 1 aliphatic heterocycles. The van der Waals surface area contributed by atoms with Gasteiger partial charge in [-0.3, -0.25) is 0 Å². The summed E-state index contributed by atoms with van der Waals surface area (Å²) in [4.78, 5) is 11.7. The molecule has 0 saturated heterocycles. The van der Waals surface area contributed by atoms with Gasteiger partial charge in [0.1, 0.15) is 6.10 Å². The highest BCUT2D eigenvalue weighted by atomic mass is 16.5. The van der Waals surface area contributed by atoms with Gasteiger partial charge in [-0.05, 0) is 18.6 Å². The molecule has 0 fully saturated rings. The van der Waals surface area contributed by atoms with E-state index < -0.39 is 0 Å². The predicted molar refractivity (Wildman–Crippen MR) is 58.9 cm³/mol. The van der Waals surface area contributed by atoms with Crippen LogP contribution >= 0.6 is 0 Å². The van der Waals surface area contributed by atoms with Crippen molar-refractivity contribution < 1.29 is 9.53 Å². The second kappa shape index (κ2) is 3.89. The average Bonchev–Trinajstić information content (AvgIpc) is 2.20. The lowest BCUT2D eigenvalue weighted by molar-refractivity contribution is 0.0265. The zero-order valence-electron chi connectivity index (χ0n) is 8.82. The summed E-state index contributed by atoms with van der Waals surface area (Å²) in [5.41, 5.74) is 2.90. The number of cyclic esters (lactones) is 1. The topological polar surface area (TPSA) is 26.3 Å². The van der Waals surface area contributed by atoms with Crippen molar-refractivity contribution in [3.8, 4) is 0 Å². The van der Waals surface area contributed by atoms with E-state index in [2.05, 4.69) is 6.58 Å². The Morgan fingerprint density at radius 3 is 3.13 bits per heavy atom. The van der Waals surface area contributed by atoms with Crippen LogP contribution < -0.4 is 0 Å². The Balaban J connectivity index is 2.32. The highest BCUT2D eigenvalue weighted by molar-refractivity contribution is 5.92. The fourth-order valence-electron chi connectivity index (χ4n) is 1.88. The van der Waals surface area contributed by atoms with Crippen LogP contribution in [0.15, 0.2) is 30.9 Å². The van der Waals surface area contributed by atoms with Gasteiger partial charge in [0.2, 0.25) is 0 Å². The van der Waals surface area contributed by atoms with E-state index in [-0.39, 0.29) is 12.1 Å². The number of carbonyl (C=O) groups is 1. The Bertz CT molecular complexity index is 407. The first kappa shape index (κ1) is 9.97. The van der Waals surface area contributed by atoms with Gasteiger partial charge in [-0.2, -0.15) is 0 Å². The minimum absolute atomic E-state index is 0.0368. The van der Waals surface area contributed by atoms with Gasteiger partial charge >= 0.3 is 5.97 Å². The molecule has 0 N–H and O–H groups in total. The van der Waals surface area contributed by atoms with E-state index in [0.717, 1.165) is 29.5 Å². The summed E-state index contributed by atoms with van der Waals surface area (Å²) < 4.78 is 5.30. The normalized spacial score (nSPS) is 19.3. The van der Waals surface area contributed by atoms with Gasteiger partial charge in [0.15, 0.2) is 0 Å². The van der Waals surface area contributed by atoms with E-state index in [1.54, 1.807) is 6.08 Å². The molecule has 1 heterocycles. The number of rotatable bonds is 2. The number of benzene rings is 1. The maximum atomic E-state index is 11.7. The van der Waals surface area contributed by atoms with Gasteiger partial charge in [0.25, 0.3) is 0 Å². The standard InChI is InChI=1S/C13H14O2/c1-3-4-11-8-10-6-5-9(2)7-12(10)13(14)15-11/h3,5-7,11H,1,4,8H2,2H3. The van der Waals surface area contributed by atoms with E-state index in [9.17, 15) is 4.79 Å². The number of aryl methyl sites for hydroxylation is 1. The molecule has 1 aromatic carbocycles. The molecule has 15 heavy (non-hydrogen) atoms. The first-order valence-electron chi connectivity index (χ1n) is 5.12. The lowest BCUT2D eigenvalue weighted by Crippen LogP contribution is -2.27. The van der Waals surface area contributed by atoms with Crippen molar-refractivity contribution in [2.75, 3.05) is 0 Å². The third-order valence-corrected chi connectivity index (χ3v) is 2.64. The zero-order chi connectivity index (χ0) is 10.8. The van der Waals surface area contributed by atoms with Gasteiger partial charge in [-0.25, -0.2) is 4.79 Å². The van der Waals surface area contributed by atoms with Gasteiger partial charge in [0, 0.05) is 12.8 Å². The smallest absolute Gasteiger partial charge is 0.338 e. The molecule has 0 aliphatic carbocycles. The Kier molecular flexibility index (Phi) is 2.58. The van der Waals surface area contributed by atoms with Gasteiger partial charge in [-0.15, -0.1) is 6.58 Å². The summed E-state index contributed by atoms with van der Waals surface area (Å²) in [6.45, 7) is 5.63. The van der Waals surface area contributed by atoms with Crippen LogP contribution in [0, 0.1) is 6.92 Å². The third kappa shape index (κ3) is 1.94. The van der Waals surface area contributed by atoms with Gasteiger partial charge < -0.3 is 4.74 Å². The molecule has 2 rings (SSSR count). The number of carbonyl (C=O) groups excluding carboxylic acids is 1. The van der Waals surface area contributed by atoms with Crippen molar-refractivity contribution in [2.24, 2.45) is 0 Å². The minimum atomic E-state index is -0.202. The number of hydrogen-bond acceptors (Lipinski definition) is 2. The summed E-state index contributed by atoms with van der Waals surface area (Å²) >= 11 is 0. The lowest BCUT2D eigenvalue weighted by Gasteiger charge is -2.23. The first-order valence-corrected chi connectivity index (χ1v) is 5.12. The second-order valence-corrected chi connectivity index (χ2v) is 3.92. The summed E-state index contributed by atoms with van der Waals surface area (Å²) in [6.07, 6.45) is 3.27. The summed E-state index contributed by atoms with van der Waals surface area (Å²) in [7, 11) is 0. The summed E-state index contributed by atoms with van der Waals surface area (Å²) in [5, 5.41) is 0. The molecule has 78 valence electrons. The molecule has 1 aromatic rings. The highest BCUT2D eigenvalue weighted by Gasteiger charge is 2.25. The van der Waals surface area contributed by atoms with Crippen molar-refractivity contribution in [3.63, 3.8) is 0 Å². The van der Waals surface area contributed by atoms with Gasteiger partial charge in [0.05, 0.1) is 5.56 Å². The lowest BCUT2D eigenvalue weighted by atomic mass is 9.95. The fraction of sp³-hybridized carbons (Fsp3) is 0.308. The molecular weight excluding hydrogens is 188 g/mol. The van der Waals surface area contributed by atoms with Crippen LogP contribution in [0.2, 0.25) is 0 Å². The second-order valence-electron chi connectivity index (χ2n) is 3.92. The zero-order valence-corrected chi connectivity index (χ0v) is 8.82. The van der Waals surface area contributed by atoms with Crippen LogP contribution in [0.3, 0.4) is 0 Å². The molecule has 2 heteroatoms. The van der Waals surface area contributed by atoms with E-state index in [1.807, 2.05) is 25.1 Å². The Labute approximate surface area is 89.6 Å². The van der Waals surface area contributed by atoms with E-state index in [1.165, 1.54) is 0 Å². The molecule has 1 atom stereocenters. The van der Waals surface area contributed by atoms with Crippen molar-refractivity contribution in [1.82, 2.24) is 0 Å². The highest BCUT2D eigenvalue weighted by Crippen LogP contribution is 2.23. The summed E-state index contributed by atoms with van der Waals surface area (Å²) in [5.74, 6) is -0.202. The summed E-state index contributed by atoms with van der Waals surface area (Å²) in [6, 6.07) is 5.94. The van der Waals surface area contributed by atoms with Crippen LogP contribution in [-0.4, -0.2) is 12.1 Å². The monoisotopic (exact) mass is 202 g/mol. The molecule has 0 radical (unpaired) electrons. The first-order chi connectivity index (χ1) is 7.20. The van der Waals surface area contributed by atoms with Crippen molar-refractivity contribution >= 4 is 5.97 Å². The Hall–Kier alpha value is -1.57. The molecule has 2 nitrogen and oxygen atoms in total. The van der Waals surface area contributed by atoms with E-state index in [4.69, 9.17) is 4.74 Å². The van der Waals surface area contributed by atoms with Crippen LogP contribution in [0.1, 0.15) is 27.9 Å².